The second-order valence-corrected chi connectivity index (χ2v) is 7.95. The number of para-hydroxylation sites is 1. The van der Waals surface area contributed by atoms with Gasteiger partial charge >= 0.3 is 0 Å². The van der Waals surface area contributed by atoms with E-state index >= 15 is 0 Å². The lowest BCUT2D eigenvalue weighted by Crippen LogP contribution is -2.37. The number of hydrogen-bond donors (Lipinski definition) is 1. The molecule has 0 saturated carbocycles. The van der Waals surface area contributed by atoms with Crippen LogP contribution in [0.2, 0.25) is 0 Å². The number of morpholine rings is 1. The van der Waals surface area contributed by atoms with Gasteiger partial charge in [-0.15, -0.1) is 11.3 Å². The van der Waals surface area contributed by atoms with Gasteiger partial charge in [0.25, 0.3) is 5.91 Å². The maximum Gasteiger partial charge on any atom is 0.287 e. The van der Waals surface area contributed by atoms with Gasteiger partial charge in [0.2, 0.25) is 0 Å². The highest BCUT2D eigenvalue weighted by Crippen LogP contribution is 2.31. The highest BCUT2D eigenvalue weighted by molar-refractivity contribution is 7.21. The van der Waals surface area contributed by atoms with Crippen LogP contribution < -0.4 is 10.2 Å². The number of rotatable bonds is 5. The lowest BCUT2D eigenvalue weighted by molar-refractivity contribution is 0.0924. The van der Waals surface area contributed by atoms with Crippen LogP contribution in [-0.4, -0.2) is 42.2 Å². The van der Waals surface area contributed by atoms with Crippen LogP contribution in [0.4, 0.5) is 5.82 Å². The number of pyridine rings is 1. The van der Waals surface area contributed by atoms with E-state index in [1.807, 2.05) is 36.4 Å². The quantitative estimate of drug-likeness (QED) is 0.530. The molecule has 4 heterocycles. The molecule has 1 N–H and O–H groups in total. The number of benzene rings is 1. The maximum atomic E-state index is 12.6. The predicted octanol–water partition coefficient (Wildman–Crippen LogP) is 3.72. The summed E-state index contributed by atoms with van der Waals surface area (Å²) in [5.41, 5.74) is 1.89. The van der Waals surface area contributed by atoms with E-state index in [1.54, 1.807) is 29.7 Å². The third kappa shape index (κ3) is 3.79. The molecule has 1 fully saturated rings. The molecule has 0 atom stereocenters. The number of fused-ring (bicyclic) bond motifs is 1. The van der Waals surface area contributed by atoms with Gasteiger partial charge in [0.1, 0.15) is 5.82 Å². The molecule has 152 valence electrons. The standard InChI is InChI=1S/C22H20N4O3S/c27-21(24-14-15-4-3-9-23-20(15)26-10-12-28-13-11-26)17-7-8-18(29-17)22-25-16-5-1-2-6-19(16)30-22/h1-9H,10-14H2,(H,24,27). The molecule has 0 unspecified atom stereocenters. The van der Waals surface area contributed by atoms with Crippen LogP contribution in [0.25, 0.3) is 21.0 Å². The Hall–Kier alpha value is -3.23. The molecule has 8 heteroatoms. The average Bonchev–Trinajstić information content (AvgIpc) is 3.45. The van der Waals surface area contributed by atoms with Crippen molar-refractivity contribution in [1.29, 1.82) is 0 Å². The molecule has 0 spiro atoms. The number of amides is 1. The van der Waals surface area contributed by atoms with Crippen molar-refractivity contribution in [3.8, 4) is 10.8 Å². The Kier molecular flexibility index (Phi) is 5.17. The number of ether oxygens (including phenoxy) is 1. The van der Waals surface area contributed by atoms with Crippen molar-refractivity contribution in [2.45, 2.75) is 6.54 Å². The van der Waals surface area contributed by atoms with Crippen LogP contribution in [0.3, 0.4) is 0 Å². The number of aromatic nitrogens is 2. The Morgan fingerprint density at radius 2 is 1.97 bits per heavy atom. The molecule has 0 aliphatic carbocycles. The van der Waals surface area contributed by atoms with Crippen LogP contribution in [0.15, 0.2) is 59.1 Å². The number of thiazole rings is 1. The van der Waals surface area contributed by atoms with Crippen LogP contribution >= 0.6 is 11.3 Å². The molecule has 1 amide bonds. The zero-order valence-corrected chi connectivity index (χ0v) is 17.0. The van der Waals surface area contributed by atoms with E-state index < -0.39 is 0 Å². The summed E-state index contributed by atoms with van der Waals surface area (Å²) in [6.45, 7) is 3.33. The first kappa shape index (κ1) is 18.8. The fraction of sp³-hybridized carbons (Fsp3) is 0.227. The van der Waals surface area contributed by atoms with Crippen molar-refractivity contribution in [3.63, 3.8) is 0 Å². The monoisotopic (exact) mass is 420 g/mol. The van der Waals surface area contributed by atoms with Gasteiger partial charge in [-0.25, -0.2) is 9.97 Å². The summed E-state index contributed by atoms with van der Waals surface area (Å²) < 4.78 is 12.3. The number of nitrogens with one attached hydrogen (secondary N) is 1. The molecule has 1 aliphatic rings. The second-order valence-electron chi connectivity index (χ2n) is 6.92. The second kappa shape index (κ2) is 8.25. The SMILES string of the molecule is O=C(NCc1cccnc1N1CCOCC1)c1ccc(-c2nc3ccccc3s2)o1. The minimum Gasteiger partial charge on any atom is -0.448 e. The number of nitrogens with zero attached hydrogens (tertiary/aromatic N) is 3. The molecule has 1 saturated heterocycles. The van der Waals surface area contributed by atoms with Crippen molar-refractivity contribution in [1.82, 2.24) is 15.3 Å². The molecule has 5 rings (SSSR count). The normalized spacial score (nSPS) is 14.2. The molecular formula is C22H20N4O3S. The summed E-state index contributed by atoms with van der Waals surface area (Å²) in [6.07, 6.45) is 1.77. The first-order chi connectivity index (χ1) is 14.8. The van der Waals surface area contributed by atoms with Crippen molar-refractivity contribution in [2.75, 3.05) is 31.2 Å². The number of anilines is 1. The summed E-state index contributed by atoms with van der Waals surface area (Å²) in [6, 6.07) is 15.2. The molecule has 1 aliphatic heterocycles. The smallest absolute Gasteiger partial charge is 0.287 e. The summed E-state index contributed by atoms with van der Waals surface area (Å²) in [5.74, 6) is 1.48. The molecule has 0 radical (unpaired) electrons. The Labute approximate surface area is 177 Å². The Morgan fingerprint density at radius 3 is 2.83 bits per heavy atom. The van der Waals surface area contributed by atoms with Crippen LogP contribution in [0, 0.1) is 0 Å². The number of furan rings is 1. The van der Waals surface area contributed by atoms with Crippen LogP contribution in [0.1, 0.15) is 16.1 Å². The Bertz CT molecular complexity index is 1150. The van der Waals surface area contributed by atoms with Crippen LogP contribution in [0.5, 0.6) is 0 Å². The number of carbonyl (C=O) groups excluding carboxylic acids is 1. The van der Waals surface area contributed by atoms with Gasteiger partial charge in [-0.3, -0.25) is 4.79 Å². The lowest BCUT2D eigenvalue weighted by atomic mass is 10.2. The predicted molar refractivity (Wildman–Crippen MR) is 116 cm³/mol. The molecule has 4 aromatic rings. The van der Waals surface area contributed by atoms with Gasteiger partial charge in [-0.1, -0.05) is 18.2 Å². The third-order valence-electron chi connectivity index (χ3n) is 4.95. The topological polar surface area (TPSA) is 80.5 Å². The molecule has 30 heavy (non-hydrogen) atoms. The molecule has 0 bridgehead atoms. The largest absolute Gasteiger partial charge is 0.448 e. The summed E-state index contributed by atoms with van der Waals surface area (Å²) in [5, 5.41) is 3.70. The number of carbonyl (C=O) groups is 1. The molecule has 7 nitrogen and oxygen atoms in total. The highest BCUT2D eigenvalue weighted by Gasteiger charge is 2.18. The van der Waals surface area contributed by atoms with E-state index in [0.29, 0.717) is 25.5 Å². The zero-order chi connectivity index (χ0) is 20.3. The number of hydrogen-bond acceptors (Lipinski definition) is 7. The fourth-order valence-corrected chi connectivity index (χ4v) is 4.37. The maximum absolute atomic E-state index is 12.6. The van der Waals surface area contributed by atoms with E-state index in [1.165, 1.54) is 0 Å². The first-order valence-electron chi connectivity index (χ1n) is 9.78. The summed E-state index contributed by atoms with van der Waals surface area (Å²) >= 11 is 1.54. The lowest BCUT2D eigenvalue weighted by Gasteiger charge is -2.29. The van der Waals surface area contributed by atoms with Crippen molar-refractivity contribution < 1.29 is 13.9 Å². The molecule has 3 aromatic heterocycles. The Balaban J connectivity index is 1.29. The van der Waals surface area contributed by atoms with E-state index in [2.05, 4.69) is 20.2 Å². The van der Waals surface area contributed by atoms with Crippen molar-refractivity contribution in [3.05, 3.63) is 66.1 Å². The van der Waals surface area contributed by atoms with Gasteiger partial charge in [0.05, 0.1) is 23.4 Å². The van der Waals surface area contributed by atoms with Gasteiger partial charge in [-0.2, -0.15) is 0 Å². The van der Waals surface area contributed by atoms with E-state index in [0.717, 1.165) is 39.7 Å². The van der Waals surface area contributed by atoms with E-state index in [4.69, 9.17) is 9.15 Å². The summed E-state index contributed by atoms with van der Waals surface area (Å²) in [4.78, 5) is 23.9. The van der Waals surface area contributed by atoms with Gasteiger partial charge in [0, 0.05) is 31.4 Å². The Morgan fingerprint density at radius 1 is 1.10 bits per heavy atom. The van der Waals surface area contributed by atoms with Crippen LogP contribution in [-0.2, 0) is 11.3 Å². The third-order valence-corrected chi connectivity index (χ3v) is 6.00. The molecular weight excluding hydrogens is 400 g/mol. The minimum absolute atomic E-state index is 0.265. The van der Waals surface area contributed by atoms with Gasteiger partial charge < -0.3 is 19.4 Å². The zero-order valence-electron chi connectivity index (χ0n) is 16.2. The fourth-order valence-electron chi connectivity index (χ4n) is 3.44. The first-order valence-corrected chi connectivity index (χ1v) is 10.6. The van der Waals surface area contributed by atoms with E-state index in [-0.39, 0.29) is 11.7 Å². The van der Waals surface area contributed by atoms with Gasteiger partial charge in [-0.05, 0) is 30.3 Å². The molecule has 1 aromatic carbocycles. The summed E-state index contributed by atoms with van der Waals surface area (Å²) in [7, 11) is 0. The van der Waals surface area contributed by atoms with Gasteiger partial charge in [0.15, 0.2) is 16.5 Å². The average molecular weight is 420 g/mol. The van der Waals surface area contributed by atoms with Crippen molar-refractivity contribution >= 4 is 33.3 Å². The van der Waals surface area contributed by atoms with E-state index in [9.17, 15) is 4.79 Å². The minimum atomic E-state index is -0.265. The highest BCUT2D eigenvalue weighted by atomic mass is 32.1. The van der Waals surface area contributed by atoms with Crippen molar-refractivity contribution in [2.24, 2.45) is 0 Å².